The predicted molar refractivity (Wildman–Crippen MR) is 150 cm³/mol. The predicted octanol–water partition coefficient (Wildman–Crippen LogP) is 5.04. The molecule has 3 aromatic carbocycles. The lowest BCUT2D eigenvalue weighted by Crippen LogP contribution is -2.36. The van der Waals surface area contributed by atoms with Gasteiger partial charge in [-0.05, 0) is 79.4 Å². The topological polar surface area (TPSA) is 76.2 Å². The van der Waals surface area contributed by atoms with Gasteiger partial charge in [-0.3, -0.25) is 4.31 Å². The average Bonchev–Trinajstić information content (AvgIpc) is 3.14. The minimum atomic E-state index is -3.84. The van der Waals surface area contributed by atoms with Crippen molar-refractivity contribution in [2.75, 3.05) is 48.7 Å². The van der Waals surface area contributed by atoms with Gasteiger partial charge in [0.25, 0.3) is 10.0 Å². The van der Waals surface area contributed by atoms with E-state index in [9.17, 15) is 13.2 Å². The van der Waals surface area contributed by atoms with Gasteiger partial charge in [0.2, 0.25) is 0 Å². The SMILES string of the molecule is CCOC(=O)C1=Cc2cc(-c3ccc(N4CCOCC4)cc3)ccc2N(S(=O)(=O)c2ccc(C)cc2)CC1. The van der Waals surface area contributed by atoms with Crippen molar-refractivity contribution in [3.63, 3.8) is 0 Å². The maximum Gasteiger partial charge on any atom is 0.334 e. The van der Waals surface area contributed by atoms with E-state index in [1.807, 2.05) is 25.1 Å². The number of hydrogen-bond acceptors (Lipinski definition) is 6. The zero-order chi connectivity index (χ0) is 26.7. The Hall–Kier alpha value is -3.62. The fourth-order valence-electron chi connectivity index (χ4n) is 4.84. The molecule has 0 bridgehead atoms. The summed E-state index contributed by atoms with van der Waals surface area (Å²) >= 11 is 0. The molecule has 3 aromatic rings. The van der Waals surface area contributed by atoms with Crippen LogP contribution in [0.25, 0.3) is 17.2 Å². The third kappa shape index (κ3) is 5.33. The van der Waals surface area contributed by atoms with E-state index in [0.29, 0.717) is 16.8 Å². The number of hydrogen-bond donors (Lipinski definition) is 0. The fraction of sp³-hybridized carbons (Fsp3) is 0.300. The molecule has 38 heavy (non-hydrogen) atoms. The van der Waals surface area contributed by atoms with Crippen LogP contribution < -0.4 is 9.21 Å². The van der Waals surface area contributed by atoms with Crippen LogP contribution in [0, 0.1) is 6.92 Å². The summed E-state index contributed by atoms with van der Waals surface area (Å²) in [5.74, 6) is -0.423. The molecule has 0 spiro atoms. The van der Waals surface area contributed by atoms with Crippen molar-refractivity contribution >= 4 is 33.4 Å². The highest BCUT2D eigenvalue weighted by Gasteiger charge is 2.30. The van der Waals surface area contributed by atoms with Crippen molar-refractivity contribution in [3.05, 3.63) is 83.4 Å². The number of anilines is 2. The van der Waals surface area contributed by atoms with Gasteiger partial charge >= 0.3 is 5.97 Å². The van der Waals surface area contributed by atoms with Crippen LogP contribution in [0.5, 0.6) is 0 Å². The van der Waals surface area contributed by atoms with Crippen molar-refractivity contribution in [2.45, 2.75) is 25.2 Å². The van der Waals surface area contributed by atoms with Crippen LogP contribution in [-0.4, -0.2) is 53.8 Å². The van der Waals surface area contributed by atoms with Crippen molar-refractivity contribution in [1.29, 1.82) is 0 Å². The number of sulfonamides is 1. The molecule has 0 aromatic heterocycles. The molecule has 1 fully saturated rings. The van der Waals surface area contributed by atoms with Crippen molar-refractivity contribution in [3.8, 4) is 11.1 Å². The molecule has 2 aliphatic rings. The number of ether oxygens (including phenoxy) is 2. The van der Waals surface area contributed by atoms with Crippen LogP contribution in [0.4, 0.5) is 11.4 Å². The van der Waals surface area contributed by atoms with Gasteiger partial charge in [-0.15, -0.1) is 0 Å². The second kappa shape index (κ2) is 11.0. The molecule has 1 saturated heterocycles. The number of nitrogens with zero attached hydrogens (tertiary/aromatic N) is 2. The highest BCUT2D eigenvalue weighted by atomic mass is 32.2. The number of rotatable bonds is 6. The van der Waals surface area contributed by atoms with Gasteiger partial charge < -0.3 is 14.4 Å². The molecule has 2 heterocycles. The van der Waals surface area contributed by atoms with E-state index in [0.717, 1.165) is 48.7 Å². The van der Waals surface area contributed by atoms with E-state index in [1.165, 1.54) is 4.31 Å². The first kappa shape index (κ1) is 26.0. The summed E-state index contributed by atoms with van der Waals surface area (Å²) in [5, 5.41) is 0. The number of aryl methyl sites for hydroxylation is 1. The van der Waals surface area contributed by atoms with Gasteiger partial charge in [-0.2, -0.15) is 0 Å². The number of benzene rings is 3. The van der Waals surface area contributed by atoms with E-state index < -0.39 is 16.0 Å². The molecule has 0 unspecified atom stereocenters. The number of carbonyl (C=O) groups excluding carboxylic acids is 1. The molecule has 8 heteroatoms. The van der Waals surface area contributed by atoms with Gasteiger partial charge in [-0.25, -0.2) is 13.2 Å². The Morgan fingerprint density at radius 3 is 2.29 bits per heavy atom. The van der Waals surface area contributed by atoms with Crippen LogP contribution in [0.15, 0.2) is 77.2 Å². The smallest absolute Gasteiger partial charge is 0.334 e. The molecular formula is C30H32N2O5S. The summed E-state index contributed by atoms with van der Waals surface area (Å²) in [6, 6.07) is 20.9. The number of esters is 1. The van der Waals surface area contributed by atoms with Gasteiger partial charge in [-0.1, -0.05) is 35.9 Å². The number of morpholine rings is 1. The number of carbonyl (C=O) groups is 1. The van der Waals surface area contributed by atoms with Gasteiger partial charge in [0.05, 0.1) is 30.4 Å². The van der Waals surface area contributed by atoms with Crippen LogP contribution in [0.1, 0.15) is 24.5 Å². The van der Waals surface area contributed by atoms with Gasteiger partial charge in [0.15, 0.2) is 0 Å². The Morgan fingerprint density at radius 2 is 1.61 bits per heavy atom. The van der Waals surface area contributed by atoms with Crippen LogP contribution >= 0.6 is 0 Å². The lowest BCUT2D eigenvalue weighted by atomic mass is 10.00. The lowest BCUT2D eigenvalue weighted by molar-refractivity contribution is -0.138. The van der Waals surface area contributed by atoms with E-state index in [2.05, 4.69) is 29.2 Å². The maximum absolute atomic E-state index is 13.7. The molecule has 0 aliphatic carbocycles. The second-order valence-corrected chi connectivity index (χ2v) is 11.3. The van der Waals surface area contributed by atoms with Crippen molar-refractivity contribution in [2.24, 2.45) is 0 Å². The monoisotopic (exact) mass is 532 g/mol. The normalized spacial score (nSPS) is 15.9. The Morgan fingerprint density at radius 1 is 0.921 bits per heavy atom. The van der Waals surface area contributed by atoms with E-state index in [4.69, 9.17) is 9.47 Å². The standard InChI is InChI=1S/C30H32N2O5S/c1-3-37-30(33)25-14-15-32(38(34,35)28-11-4-22(2)5-12-28)29-13-8-24(20-26(29)21-25)23-6-9-27(10-7-23)31-16-18-36-19-17-31/h4-13,20-21H,3,14-19H2,1-2H3. The molecule has 0 saturated carbocycles. The molecule has 0 atom stereocenters. The highest BCUT2D eigenvalue weighted by Crippen LogP contribution is 2.36. The minimum absolute atomic E-state index is 0.140. The molecule has 198 valence electrons. The minimum Gasteiger partial charge on any atom is -0.463 e. The summed E-state index contributed by atoms with van der Waals surface area (Å²) in [4.78, 5) is 15.2. The van der Waals surface area contributed by atoms with E-state index in [-0.39, 0.29) is 24.5 Å². The third-order valence-electron chi connectivity index (χ3n) is 6.93. The average molecular weight is 533 g/mol. The van der Waals surface area contributed by atoms with Crippen LogP contribution in [0.2, 0.25) is 0 Å². The van der Waals surface area contributed by atoms with E-state index in [1.54, 1.807) is 37.3 Å². The summed E-state index contributed by atoms with van der Waals surface area (Å²) in [6.07, 6.45) is 2.02. The first-order chi connectivity index (χ1) is 18.4. The second-order valence-electron chi connectivity index (χ2n) is 9.45. The zero-order valence-corrected chi connectivity index (χ0v) is 22.5. The molecule has 0 N–H and O–H groups in total. The molecular weight excluding hydrogens is 500 g/mol. The van der Waals surface area contributed by atoms with Crippen molar-refractivity contribution in [1.82, 2.24) is 0 Å². The summed E-state index contributed by atoms with van der Waals surface area (Å²) in [6.45, 7) is 7.26. The molecule has 7 nitrogen and oxygen atoms in total. The molecule has 0 radical (unpaired) electrons. The summed E-state index contributed by atoms with van der Waals surface area (Å²) < 4.78 is 39.6. The Bertz CT molecular complexity index is 1440. The lowest BCUT2D eigenvalue weighted by Gasteiger charge is -2.29. The van der Waals surface area contributed by atoms with Gasteiger partial charge in [0, 0.05) is 30.9 Å². The summed E-state index contributed by atoms with van der Waals surface area (Å²) in [5.41, 5.74) is 5.73. The van der Waals surface area contributed by atoms with Gasteiger partial charge in [0.1, 0.15) is 0 Å². The first-order valence-corrected chi connectivity index (χ1v) is 14.3. The maximum atomic E-state index is 13.7. The Labute approximate surface area is 224 Å². The summed E-state index contributed by atoms with van der Waals surface area (Å²) in [7, 11) is -3.84. The van der Waals surface area contributed by atoms with Crippen LogP contribution in [0.3, 0.4) is 0 Å². The van der Waals surface area contributed by atoms with Crippen LogP contribution in [-0.2, 0) is 24.3 Å². The molecule has 5 rings (SSSR count). The molecule has 2 aliphatic heterocycles. The van der Waals surface area contributed by atoms with E-state index >= 15 is 0 Å². The third-order valence-corrected chi connectivity index (χ3v) is 8.76. The zero-order valence-electron chi connectivity index (χ0n) is 21.7. The first-order valence-electron chi connectivity index (χ1n) is 12.9. The molecule has 0 amide bonds. The Balaban J connectivity index is 1.53. The fourth-order valence-corrected chi connectivity index (χ4v) is 6.33. The highest BCUT2D eigenvalue weighted by molar-refractivity contribution is 7.92. The Kier molecular flexibility index (Phi) is 7.53. The number of fused-ring (bicyclic) bond motifs is 1. The quantitative estimate of drug-likeness (QED) is 0.414. The van der Waals surface area contributed by atoms with Crippen molar-refractivity contribution < 1.29 is 22.7 Å². The largest absolute Gasteiger partial charge is 0.463 e.